The highest BCUT2D eigenvalue weighted by Gasteiger charge is 2.12. The van der Waals surface area contributed by atoms with Crippen LogP contribution in [-0.2, 0) is 6.42 Å². The molecule has 0 aliphatic rings. The lowest BCUT2D eigenvalue weighted by Crippen LogP contribution is -2.34. The second-order valence-corrected chi connectivity index (χ2v) is 5.20. The minimum Gasteiger partial charge on any atom is -0.373 e. The second kappa shape index (κ2) is 6.88. The number of aryl methyl sites for hydroxylation is 1. The van der Waals surface area contributed by atoms with Crippen molar-refractivity contribution in [3.8, 4) is 0 Å². The highest BCUT2D eigenvalue weighted by Crippen LogP contribution is 2.10. The lowest BCUT2D eigenvalue weighted by Gasteiger charge is -2.14. The smallest absolute Gasteiger partial charge is 0.251 e. The summed E-state index contributed by atoms with van der Waals surface area (Å²) in [7, 11) is 1.79. The zero-order chi connectivity index (χ0) is 15.2. The number of carbonyl (C=O) groups excluding carboxylic acids is 1. The van der Waals surface area contributed by atoms with Crippen LogP contribution in [0.4, 0.5) is 5.82 Å². The number of nitrogens with zero attached hydrogens (tertiary/aromatic N) is 1. The van der Waals surface area contributed by atoms with E-state index < -0.39 is 0 Å². The third-order valence-electron chi connectivity index (χ3n) is 3.23. The zero-order valence-electron chi connectivity index (χ0n) is 12.7. The molecule has 0 spiro atoms. The first-order chi connectivity index (χ1) is 10.1. The van der Waals surface area contributed by atoms with Crippen molar-refractivity contribution in [2.75, 3.05) is 12.4 Å². The van der Waals surface area contributed by atoms with Crippen LogP contribution in [0.1, 0.15) is 28.5 Å². The standard InChI is InChI=1S/C17H21N3O/c1-12(9-14-7-5-4-6-8-14)20-17(21)15-10-13(2)19-16(11-15)18-3/h4-8,10-12H,9H2,1-3H3,(H,18,19)(H,20,21). The maximum atomic E-state index is 12.3. The molecule has 0 bridgehead atoms. The quantitative estimate of drug-likeness (QED) is 0.887. The molecule has 21 heavy (non-hydrogen) atoms. The molecule has 0 aliphatic heterocycles. The molecule has 0 saturated heterocycles. The maximum absolute atomic E-state index is 12.3. The molecule has 1 amide bonds. The molecule has 0 fully saturated rings. The van der Waals surface area contributed by atoms with Crippen molar-refractivity contribution in [1.82, 2.24) is 10.3 Å². The topological polar surface area (TPSA) is 54.0 Å². The summed E-state index contributed by atoms with van der Waals surface area (Å²) in [6.07, 6.45) is 0.815. The van der Waals surface area contributed by atoms with Crippen molar-refractivity contribution in [2.24, 2.45) is 0 Å². The van der Waals surface area contributed by atoms with Gasteiger partial charge in [-0.05, 0) is 38.0 Å². The molecule has 1 aromatic heterocycles. The Morgan fingerprint density at radius 2 is 1.95 bits per heavy atom. The number of carbonyl (C=O) groups is 1. The van der Waals surface area contributed by atoms with Gasteiger partial charge in [0.2, 0.25) is 0 Å². The van der Waals surface area contributed by atoms with Crippen LogP contribution in [-0.4, -0.2) is 24.0 Å². The molecule has 110 valence electrons. The molecular weight excluding hydrogens is 262 g/mol. The van der Waals surface area contributed by atoms with Crippen molar-refractivity contribution in [1.29, 1.82) is 0 Å². The first kappa shape index (κ1) is 15.0. The third-order valence-corrected chi connectivity index (χ3v) is 3.23. The van der Waals surface area contributed by atoms with E-state index >= 15 is 0 Å². The predicted molar refractivity (Wildman–Crippen MR) is 85.6 cm³/mol. The summed E-state index contributed by atoms with van der Waals surface area (Å²) < 4.78 is 0. The molecule has 0 saturated carbocycles. The number of rotatable bonds is 5. The lowest BCUT2D eigenvalue weighted by molar-refractivity contribution is 0.0940. The Kier molecular flexibility index (Phi) is 4.93. The Hall–Kier alpha value is -2.36. The van der Waals surface area contributed by atoms with E-state index in [2.05, 4.69) is 27.8 Å². The van der Waals surface area contributed by atoms with Gasteiger partial charge >= 0.3 is 0 Å². The minimum atomic E-state index is -0.0690. The van der Waals surface area contributed by atoms with Crippen LogP contribution < -0.4 is 10.6 Å². The normalized spacial score (nSPS) is 11.8. The summed E-state index contributed by atoms with van der Waals surface area (Å²) in [4.78, 5) is 16.6. The Morgan fingerprint density at radius 3 is 2.62 bits per heavy atom. The third kappa shape index (κ3) is 4.31. The van der Waals surface area contributed by atoms with Crippen molar-refractivity contribution in [3.05, 3.63) is 59.3 Å². The van der Waals surface area contributed by atoms with Crippen LogP contribution in [0, 0.1) is 6.92 Å². The number of anilines is 1. The van der Waals surface area contributed by atoms with Gasteiger partial charge in [-0.15, -0.1) is 0 Å². The molecule has 4 nitrogen and oxygen atoms in total. The van der Waals surface area contributed by atoms with Gasteiger partial charge in [0.05, 0.1) is 0 Å². The summed E-state index contributed by atoms with van der Waals surface area (Å²) >= 11 is 0. The predicted octanol–water partition coefficient (Wildman–Crippen LogP) is 2.79. The van der Waals surface area contributed by atoms with Gasteiger partial charge in [0, 0.05) is 24.3 Å². The maximum Gasteiger partial charge on any atom is 0.251 e. The Bertz CT molecular complexity index is 611. The average Bonchev–Trinajstić information content (AvgIpc) is 2.47. The van der Waals surface area contributed by atoms with Gasteiger partial charge in [-0.1, -0.05) is 30.3 Å². The molecule has 2 rings (SSSR count). The number of benzene rings is 1. The largest absolute Gasteiger partial charge is 0.373 e. The van der Waals surface area contributed by atoms with Gasteiger partial charge in [-0.3, -0.25) is 4.79 Å². The first-order valence-electron chi connectivity index (χ1n) is 7.09. The van der Waals surface area contributed by atoms with E-state index in [1.165, 1.54) is 5.56 Å². The molecule has 1 heterocycles. The number of pyridine rings is 1. The fraction of sp³-hybridized carbons (Fsp3) is 0.294. The van der Waals surface area contributed by atoms with Crippen molar-refractivity contribution in [3.63, 3.8) is 0 Å². The second-order valence-electron chi connectivity index (χ2n) is 5.20. The van der Waals surface area contributed by atoms with E-state index in [1.54, 1.807) is 19.2 Å². The summed E-state index contributed by atoms with van der Waals surface area (Å²) in [5.74, 6) is 0.635. The monoisotopic (exact) mass is 283 g/mol. The highest BCUT2D eigenvalue weighted by molar-refractivity contribution is 5.95. The highest BCUT2D eigenvalue weighted by atomic mass is 16.1. The van der Waals surface area contributed by atoms with Gasteiger partial charge in [0.15, 0.2) is 0 Å². The van der Waals surface area contributed by atoms with E-state index in [0.717, 1.165) is 12.1 Å². The van der Waals surface area contributed by atoms with Crippen LogP contribution in [0.3, 0.4) is 0 Å². The molecule has 2 N–H and O–H groups in total. The van der Waals surface area contributed by atoms with E-state index in [0.29, 0.717) is 11.4 Å². The van der Waals surface area contributed by atoms with Crippen LogP contribution in [0.2, 0.25) is 0 Å². The fourth-order valence-electron chi connectivity index (χ4n) is 2.25. The van der Waals surface area contributed by atoms with Crippen molar-refractivity contribution < 1.29 is 4.79 Å². The van der Waals surface area contributed by atoms with Crippen molar-refractivity contribution >= 4 is 11.7 Å². The number of nitrogens with one attached hydrogen (secondary N) is 2. The molecule has 1 atom stereocenters. The molecule has 2 aromatic rings. The van der Waals surface area contributed by atoms with Crippen LogP contribution in [0.25, 0.3) is 0 Å². The van der Waals surface area contributed by atoms with E-state index in [1.807, 2.05) is 32.0 Å². The fourth-order valence-corrected chi connectivity index (χ4v) is 2.25. The van der Waals surface area contributed by atoms with E-state index in [-0.39, 0.29) is 11.9 Å². The first-order valence-corrected chi connectivity index (χ1v) is 7.09. The average molecular weight is 283 g/mol. The Balaban J connectivity index is 2.02. The van der Waals surface area contributed by atoms with Crippen molar-refractivity contribution in [2.45, 2.75) is 26.3 Å². The lowest BCUT2D eigenvalue weighted by atomic mass is 10.1. The Morgan fingerprint density at radius 1 is 1.24 bits per heavy atom. The Labute approximate surface area is 125 Å². The van der Waals surface area contributed by atoms with E-state index in [4.69, 9.17) is 0 Å². The molecular formula is C17H21N3O. The molecule has 0 radical (unpaired) electrons. The van der Waals surface area contributed by atoms with Gasteiger partial charge in [0.1, 0.15) is 5.82 Å². The molecule has 0 aliphatic carbocycles. The zero-order valence-corrected chi connectivity index (χ0v) is 12.7. The summed E-state index contributed by atoms with van der Waals surface area (Å²) in [5.41, 5.74) is 2.67. The molecule has 1 unspecified atom stereocenters. The van der Waals surface area contributed by atoms with Crippen LogP contribution in [0.15, 0.2) is 42.5 Å². The van der Waals surface area contributed by atoms with Crippen LogP contribution in [0.5, 0.6) is 0 Å². The van der Waals surface area contributed by atoms with Gasteiger partial charge in [-0.2, -0.15) is 0 Å². The van der Waals surface area contributed by atoms with Crippen LogP contribution >= 0.6 is 0 Å². The summed E-state index contributed by atoms with van der Waals surface area (Å²) in [5, 5.41) is 5.99. The molecule has 4 heteroatoms. The number of hydrogen-bond donors (Lipinski definition) is 2. The van der Waals surface area contributed by atoms with Gasteiger partial charge in [0.25, 0.3) is 5.91 Å². The number of aromatic nitrogens is 1. The summed E-state index contributed by atoms with van der Waals surface area (Å²) in [6, 6.07) is 13.8. The van der Waals surface area contributed by atoms with Gasteiger partial charge in [-0.25, -0.2) is 4.98 Å². The SMILES string of the molecule is CNc1cc(C(=O)NC(C)Cc2ccccc2)cc(C)n1. The summed E-state index contributed by atoms with van der Waals surface area (Å²) in [6.45, 7) is 3.89. The number of hydrogen-bond acceptors (Lipinski definition) is 3. The van der Waals surface area contributed by atoms with Gasteiger partial charge < -0.3 is 10.6 Å². The van der Waals surface area contributed by atoms with E-state index in [9.17, 15) is 4.79 Å². The minimum absolute atomic E-state index is 0.0690. The molecule has 1 aromatic carbocycles. The number of amides is 1.